The van der Waals surface area contributed by atoms with Crippen molar-refractivity contribution in [3.05, 3.63) is 62.7 Å². The van der Waals surface area contributed by atoms with Gasteiger partial charge in [-0.3, -0.25) is 10.1 Å². The van der Waals surface area contributed by atoms with Crippen LogP contribution in [0.4, 0.5) is 5.69 Å². The zero-order chi connectivity index (χ0) is 15.4. The van der Waals surface area contributed by atoms with Gasteiger partial charge in [0.2, 0.25) is 5.75 Å². The number of benzene rings is 2. The van der Waals surface area contributed by atoms with Gasteiger partial charge in [0.15, 0.2) is 0 Å². The van der Waals surface area contributed by atoms with Gasteiger partial charge < -0.3 is 10.1 Å². The summed E-state index contributed by atoms with van der Waals surface area (Å²) in [5, 5.41) is 14.7. The Labute approximate surface area is 127 Å². The smallest absolute Gasteiger partial charge is 0.311 e. The molecular weight excluding hydrogens is 292 g/mol. The van der Waals surface area contributed by atoms with Crippen LogP contribution in [0, 0.1) is 17.0 Å². The van der Waals surface area contributed by atoms with E-state index in [2.05, 4.69) is 5.32 Å². The number of nitro groups is 1. The van der Waals surface area contributed by atoms with Gasteiger partial charge in [0.25, 0.3) is 0 Å². The Balaban J connectivity index is 2.48. The largest absolute Gasteiger partial charge is 0.449 e. The molecule has 0 aliphatic carbocycles. The van der Waals surface area contributed by atoms with Gasteiger partial charge in [0, 0.05) is 23.2 Å². The number of rotatable bonds is 5. The van der Waals surface area contributed by atoms with Crippen molar-refractivity contribution in [1.29, 1.82) is 0 Å². The van der Waals surface area contributed by atoms with E-state index in [0.717, 1.165) is 5.56 Å². The van der Waals surface area contributed by atoms with E-state index in [1.54, 1.807) is 44.3 Å². The highest BCUT2D eigenvalue weighted by Gasteiger charge is 2.19. The molecule has 0 unspecified atom stereocenters. The summed E-state index contributed by atoms with van der Waals surface area (Å²) in [5.41, 5.74) is 1.39. The maximum atomic E-state index is 11.1. The second-order valence-corrected chi connectivity index (χ2v) is 4.94. The zero-order valence-electron chi connectivity index (χ0n) is 11.7. The molecule has 0 saturated carbocycles. The lowest BCUT2D eigenvalue weighted by Gasteiger charge is -2.14. The minimum atomic E-state index is -0.454. The van der Waals surface area contributed by atoms with Crippen LogP contribution in [0.2, 0.25) is 5.02 Å². The highest BCUT2D eigenvalue weighted by molar-refractivity contribution is 6.31. The average molecular weight is 307 g/mol. The van der Waals surface area contributed by atoms with Gasteiger partial charge in [-0.2, -0.15) is 0 Å². The first-order valence-electron chi connectivity index (χ1n) is 6.38. The topological polar surface area (TPSA) is 64.4 Å². The molecule has 21 heavy (non-hydrogen) atoms. The molecule has 0 saturated heterocycles. The zero-order valence-corrected chi connectivity index (χ0v) is 12.5. The second kappa shape index (κ2) is 6.56. The van der Waals surface area contributed by atoms with Crippen molar-refractivity contribution >= 4 is 17.3 Å². The molecule has 0 amide bonds. The second-order valence-electron chi connectivity index (χ2n) is 4.53. The summed E-state index contributed by atoms with van der Waals surface area (Å²) in [6, 6.07) is 10.1. The normalized spacial score (nSPS) is 10.4. The third kappa shape index (κ3) is 3.32. The van der Waals surface area contributed by atoms with Crippen molar-refractivity contribution in [3.63, 3.8) is 0 Å². The van der Waals surface area contributed by atoms with E-state index in [0.29, 0.717) is 22.9 Å². The molecule has 110 valence electrons. The third-order valence-corrected chi connectivity index (χ3v) is 3.38. The van der Waals surface area contributed by atoms with Crippen LogP contribution in [0.25, 0.3) is 0 Å². The molecule has 2 aromatic carbocycles. The molecule has 6 heteroatoms. The lowest BCUT2D eigenvalue weighted by atomic mass is 10.1. The van der Waals surface area contributed by atoms with Gasteiger partial charge in [0.1, 0.15) is 5.75 Å². The van der Waals surface area contributed by atoms with Crippen molar-refractivity contribution in [3.8, 4) is 11.5 Å². The van der Waals surface area contributed by atoms with E-state index in [1.807, 2.05) is 0 Å². The van der Waals surface area contributed by atoms with Gasteiger partial charge in [-0.05, 0) is 31.7 Å². The van der Waals surface area contributed by atoms with Crippen LogP contribution in [0.5, 0.6) is 11.5 Å². The standard InChI is InChI=1S/C15H15ClN2O3/c1-10-5-3-7-13(18(19)20)15(10)21-14-8-4-6-12(16)11(14)9-17-2/h3-8,17H,9H2,1-2H3. The molecule has 1 N–H and O–H groups in total. The predicted molar refractivity (Wildman–Crippen MR) is 82.1 cm³/mol. The highest BCUT2D eigenvalue weighted by atomic mass is 35.5. The Morgan fingerprint density at radius 1 is 1.29 bits per heavy atom. The fraction of sp³-hybridized carbons (Fsp3) is 0.200. The summed E-state index contributed by atoms with van der Waals surface area (Å²) in [6.45, 7) is 2.28. The minimum absolute atomic E-state index is 0.0645. The van der Waals surface area contributed by atoms with Crippen molar-refractivity contribution in [2.24, 2.45) is 0 Å². The number of nitro benzene ring substituents is 1. The first-order chi connectivity index (χ1) is 10.0. The molecule has 0 aromatic heterocycles. The fourth-order valence-electron chi connectivity index (χ4n) is 2.01. The number of halogens is 1. The van der Waals surface area contributed by atoms with E-state index in [9.17, 15) is 10.1 Å². The van der Waals surface area contributed by atoms with Gasteiger partial charge in [0.05, 0.1) is 4.92 Å². The van der Waals surface area contributed by atoms with Crippen LogP contribution in [0.1, 0.15) is 11.1 Å². The number of hydrogen-bond donors (Lipinski definition) is 1. The molecule has 2 rings (SSSR count). The number of ether oxygens (including phenoxy) is 1. The monoisotopic (exact) mass is 306 g/mol. The molecule has 0 aliphatic heterocycles. The summed E-state index contributed by atoms with van der Waals surface area (Å²) >= 11 is 6.16. The van der Waals surface area contributed by atoms with Crippen molar-refractivity contribution in [2.75, 3.05) is 7.05 Å². The van der Waals surface area contributed by atoms with Crippen LogP contribution in [0.15, 0.2) is 36.4 Å². The number of hydrogen-bond acceptors (Lipinski definition) is 4. The molecule has 0 bridgehead atoms. The van der Waals surface area contributed by atoms with Gasteiger partial charge >= 0.3 is 5.69 Å². The molecule has 0 spiro atoms. The quantitative estimate of drug-likeness (QED) is 0.668. The Kier molecular flexibility index (Phi) is 4.77. The van der Waals surface area contributed by atoms with Crippen LogP contribution < -0.4 is 10.1 Å². The average Bonchev–Trinajstić information content (AvgIpc) is 2.44. The van der Waals surface area contributed by atoms with Gasteiger partial charge in [-0.15, -0.1) is 0 Å². The molecule has 0 radical (unpaired) electrons. The van der Waals surface area contributed by atoms with E-state index in [-0.39, 0.29) is 11.4 Å². The van der Waals surface area contributed by atoms with Crippen LogP contribution in [-0.2, 0) is 6.54 Å². The fourth-order valence-corrected chi connectivity index (χ4v) is 2.24. The maximum Gasteiger partial charge on any atom is 0.311 e. The molecule has 0 fully saturated rings. The van der Waals surface area contributed by atoms with Crippen LogP contribution in [-0.4, -0.2) is 12.0 Å². The molecule has 0 aliphatic rings. The molecule has 2 aromatic rings. The number of aryl methyl sites for hydroxylation is 1. The van der Waals surface area contributed by atoms with Gasteiger partial charge in [-0.1, -0.05) is 29.8 Å². The number of nitrogens with one attached hydrogen (secondary N) is 1. The lowest BCUT2D eigenvalue weighted by Crippen LogP contribution is -2.07. The number of nitrogens with zero attached hydrogens (tertiary/aromatic N) is 1. The summed E-state index contributed by atoms with van der Waals surface area (Å²) in [5.74, 6) is 0.747. The predicted octanol–water partition coefficient (Wildman–Crippen LogP) is 4.07. The Bertz CT molecular complexity index is 674. The van der Waals surface area contributed by atoms with Crippen molar-refractivity contribution in [1.82, 2.24) is 5.32 Å². The first-order valence-corrected chi connectivity index (χ1v) is 6.76. The molecule has 5 nitrogen and oxygen atoms in total. The molecule has 0 heterocycles. The summed E-state index contributed by atoms with van der Waals surface area (Å²) < 4.78 is 5.80. The summed E-state index contributed by atoms with van der Waals surface area (Å²) in [4.78, 5) is 10.7. The van der Waals surface area contributed by atoms with E-state index in [1.165, 1.54) is 6.07 Å². The SMILES string of the molecule is CNCc1c(Cl)cccc1Oc1c(C)cccc1[N+](=O)[O-]. The Morgan fingerprint density at radius 3 is 2.67 bits per heavy atom. The van der Waals surface area contributed by atoms with E-state index in [4.69, 9.17) is 16.3 Å². The van der Waals surface area contributed by atoms with Crippen molar-refractivity contribution in [2.45, 2.75) is 13.5 Å². The third-order valence-electron chi connectivity index (χ3n) is 3.03. The van der Waals surface area contributed by atoms with Gasteiger partial charge in [-0.25, -0.2) is 0 Å². The maximum absolute atomic E-state index is 11.1. The minimum Gasteiger partial charge on any atom is -0.449 e. The highest BCUT2D eigenvalue weighted by Crippen LogP contribution is 2.37. The molecule has 0 atom stereocenters. The van der Waals surface area contributed by atoms with Crippen molar-refractivity contribution < 1.29 is 9.66 Å². The van der Waals surface area contributed by atoms with Crippen LogP contribution >= 0.6 is 11.6 Å². The lowest BCUT2D eigenvalue weighted by molar-refractivity contribution is -0.385. The first kappa shape index (κ1) is 15.3. The van der Waals surface area contributed by atoms with E-state index >= 15 is 0 Å². The molecular formula is C15H15ClN2O3. The summed E-state index contributed by atoms with van der Waals surface area (Å²) in [6.07, 6.45) is 0. The number of para-hydroxylation sites is 1. The Hall–Kier alpha value is -2.11. The summed E-state index contributed by atoms with van der Waals surface area (Å²) in [7, 11) is 1.79. The Morgan fingerprint density at radius 2 is 2.00 bits per heavy atom. The van der Waals surface area contributed by atoms with Crippen LogP contribution in [0.3, 0.4) is 0 Å². The van der Waals surface area contributed by atoms with E-state index < -0.39 is 4.92 Å².